The van der Waals surface area contributed by atoms with E-state index in [1.54, 1.807) is 18.6 Å². The molecule has 0 radical (unpaired) electrons. The van der Waals surface area contributed by atoms with Gasteiger partial charge in [0.2, 0.25) is 0 Å². The Bertz CT molecular complexity index is 520. The van der Waals surface area contributed by atoms with Crippen LogP contribution in [0.15, 0.2) is 36.8 Å². The minimum Gasteiger partial charge on any atom is -0.382 e. The molecule has 0 fully saturated rings. The molecule has 0 bridgehead atoms. The number of alkyl halides is 3. The molecule has 1 aromatic carbocycles. The lowest BCUT2D eigenvalue weighted by Gasteiger charge is -2.16. The Hall–Kier alpha value is -1.98. The average molecular weight is 269 g/mol. The quantitative estimate of drug-likeness (QED) is 0.892. The number of rotatable bonds is 4. The Balaban J connectivity index is 2.03. The fourth-order valence-electron chi connectivity index (χ4n) is 1.85. The second kappa shape index (κ2) is 5.34. The predicted octanol–water partition coefficient (Wildman–Crippen LogP) is 3.47. The van der Waals surface area contributed by atoms with Gasteiger partial charge >= 0.3 is 6.18 Å². The van der Waals surface area contributed by atoms with E-state index in [9.17, 15) is 13.2 Å². The summed E-state index contributed by atoms with van der Waals surface area (Å²) in [5.74, 6) is 0. The first-order valence-corrected chi connectivity index (χ1v) is 5.86. The lowest BCUT2D eigenvalue weighted by Crippen LogP contribution is -2.18. The van der Waals surface area contributed by atoms with Gasteiger partial charge in [0.1, 0.15) is 0 Å². The third-order valence-corrected chi connectivity index (χ3v) is 2.68. The zero-order valence-electron chi connectivity index (χ0n) is 10.3. The first kappa shape index (κ1) is 13.5. The summed E-state index contributed by atoms with van der Waals surface area (Å²) in [6.07, 6.45) is -0.378. The minimum absolute atomic E-state index is 0.00364. The van der Waals surface area contributed by atoms with Gasteiger partial charge in [-0.25, -0.2) is 4.98 Å². The van der Waals surface area contributed by atoms with E-state index in [1.807, 2.05) is 6.92 Å². The molecule has 102 valence electrons. The van der Waals surface area contributed by atoms with Crippen LogP contribution in [0.2, 0.25) is 0 Å². The van der Waals surface area contributed by atoms with Gasteiger partial charge in [0.25, 0.3) is 0 Å². The number of imidazole rings is 1. The van der Waals surface area contributed by atoms with Crippen LogP contribution in [-0.4, -0.2) is 16.0 Å². The lowest BCUT2D eigenvalue weighted by molar-refractivity contribution is -0.137. The molecule has 19 heavy (non-hydrogen) atoms. The topological polar surface area (TPSA) is 40.7 Å². The number of nitrogens with zero attached hydrogens (tertiary/aromatic N) is 1. The first-order valence-electron chi connectivity index (χ1n) is 5.86. The van der Waals surface area contributed by atoms with Crippen molar-refractivity contribution >= 4 is 5.69 Å². The van der Waals surface area contributed by atoms with Gasteiger partial charge in [-0.3, -0.25) is 0 Å². The Morgan fingerprint density at radius 3 is 2.79 bits per heavy atom. The highest BCUT2D eigenvalue weighted by Gasteiger charge is 2.30. The van der Waals surface area contributed by atoms with E-state index in [0.29, 0.717) is 12.1 Å². The van der Waals surface area contributed by atoms with Gasteiger partial charge in [-0.1, -0.05) is 6.07 Å². The Morgan fingerprint density at radius 2 is 2.16 bits per heavy atom. The van der Waals surface area contributed by atoms with Crippen molar-refractivity contribution in [2.75, 3.05) is 5.32 Å². The molecule has 2 rings (SSSR count). The third kappa shape index (κ3) is 3.74. The molecule has 2 N–H and O–H groups in total. The Labute approximate surface area is 108 Å². The molecule has 2 aromatic rings. The van der Waals surface area contributed by atoms with Crippen LogP contribution in [0.4, 0.5) is 18.9 Å². The molecule has 6 heteroatoms. The molecular formula is C13H14F3N3. The number of halogens is 3. The summed E-state index contributed by atoms with van der Waals surface area (Å²) >= 11 is 0. The van der Waals surface area contributed by atoms with Crippen LogP contribution >= 0.6 is 0 Å². The largest absolute Gasteiger partial charge is 0.416 e. The van der Waals surface area contributed by atoms with Gasteiger partial charge in [-0.2, -0.15) is 13.2 Å². The van der Waals surface area contributed by atoms with E-state index >= 15 is 0 Å². The molecule has 0 saturated heterocycles. The van der Waals surface area contributed by atoms with Crippen LogP contribution in [0.3, 0.4) is 0 Å². The van der Waals surface area contributed by atoms with Crippen molar-refractivity contribution in [3.05, 3.63) is 48.0 Å². The predicted molar refractivity (Wildman–Crippen MR) is 66.8 cm³/mol. The van der Waals surface area contributed by atoms with Crippen LogP contribution in [0.1, 0.15) is 18.2 Å². The van der Waals surface area contributed by atoms with Gasteiger partial charge in [0, 0.05) is 30.0 Å². The van der Waals surface area contributed by atoms with Crippen LogP contribution < -0.4 is 5.32 Å². The monoisotopic (exact) mass is 269 g/mol. The van der Waals surface area contributed by atoms with Crippen molar-refractivity contribution in [1.29, 1.82) is 0 Å². The van der Waals surface area contributed by atoms with Gasteiger partial charge in [-0.05, 0) is 25.1 Å². The summed E-state index contributed by atoms with van der Waals surface area (Å²) in [4.78, 5) is 6.85. The van der Waals surface area contributed by atoms with Crippen molar-refractivity contribution in [2.45, 2.75) is 25.6 Å². The molecule has 1 heterocycles. The average Bonchev–Trinajstić information content (AvgIpc) is 2.80. The summed E-state index contributed by atoms with van der Waals surface area (Å²) in [6, 6.07) is 5.20. The summed E-state index contributed by atoms with van der Waals surface area (Å²) < 4.78 is 37.7. The van der Waals surface area contributed by atoms with Crippen molar-refractivity contribution in [1.82, 2.24) is 9.97 Å². The van der Waals surface area contributed by atoms with Gasteiger partial charge < -0.3 is 10.3 Å². The molecule has 3 nitrogen and oxygen atoms in total. The van der Waals surface area contributed by atoms with E-state index in [4.69, 9.17) is 0 Å². The number of benzene rings is 1. The fourth-order valence-corrected chi connectivity index (χ4v) is 1.85. The second-order valence-electron chi connectivity index (χ2n) is 4.40. The number of hydrogen-bond acceptors (Lipinski definition) is 2. The maximum atomic E-state index is 12.6. The number of nitrogens with one attached hydrogen (secondary N) is 2. The molecular weight excluding hydrogens is 255 g/mol. The normalized spacial score (nSPS) is 13.3. The number of H-pyrrole nitrogens is 1. The van der Waals surface area contributed by atoms with Crippen LogP contribution in [0.25, 0.3) is 0 Å². The number of hydrogen-bond donors (Lipinski definition) is 2. The van der Waals surface area contributed by atoms with Crippen molar-refractivity contribution in [3.63, 3.8) is 0 Å². The first-order chi connectivity index (χ1) is 8.95. The van der Waals surface area contributed by atoms with Crippen LogP contribution in [-0.2, 0) is 12.6 Å². The highest BCUT2D eigenvalue weighted by molar-refractivity contribution is 5.47. The van der Waals surface area contributed by atoms with E-state index in [1.165, 1.54) is 6.07 Å². The van der Waals surface area contributed by atoms with Crippen molar-refractivity contribution in [2.24, 2.45) is 0 Å². The van der Waals surface area contributed by atoms with Crippen molar-refractivity contribution < 1.29 is 13.2 Å². The minimum atomic E-state index is -4.32. The molecule has 1 atom stereocenters. The van der Waals surface area contributed by atoms with Gasteiger partial charge in [-0.15, -0.1) is 0 Å². The zero-order chi connectivity index (χ0) is 13.9. The molecule has 0 aliphatic carbocycles. The molecule has 1 aromatic heterocycles. The zero-order valence-corrected chi connectivity index (χ0v) is 10.3. The highest BCUT2D eigenvalue weighted by atomic mass is 19.4. The maximum Gasteiger partial charge on any atom is 0.416 e. The van der Waals surface area contributed by atoms with Gasteiger partial charge in [0.15, 0.2) is 0 Å². The maximum absolute atomic E-state index is 12.6. The standard InChI is InChI=1S/C13H14F3N3/c1-9(5-12-7-17-8-18-12)19-11-4-2-3-10(6-11)13(14,15)16/h2-4,6-9,19H,5H2,1H3,(H,17,18). The van der Waals surface area contributed by atoms with Gasteiger partial charge in [0.05, 0.1) is 11.9 Å². The lowest BCUT2D eigenvalue weighted by atomic mass is 10.1. The number of aromatic nitrogens is 2. The van der Waals surface area contributed by atoms with Crippen LogP contribution in [0, 0.1) is 0 Å². The van der Waals surface area contributed by atoms with E-state index in [0.717, 1.165) is 17.8 Å². The molecule has 0 aliphatic heterocycles. The Kier molecular flexibility index (Phi) is 3.78. The highest BCUT2D eigenvalue weighted by Crippen LogP contribution is 2.30. The molecule has 0 aliphatic rings. The third-order valence-electron chi connectivity index (χ3n) is 2.68. The van der Waals surface area contributed by atoms with Crippen molar-refractivity contribution in [3.8, 4) is 0 Å². The molecule has 0 spiro atoms. The summed E-state index contributed by atoms with van der Waals surface area (Å²) in [5.41, 5.74) is 0.750. The smallest absolute Gasteiger partial charge is 0.382 e. The summed E-state index contributed by atoms with van der Waals surface area (Å²) in [5, 5.41) is 3.04. The summed E-state index contributed by atoms with van der Waals surface area (Å²) in [7, 11) is 0. The SMILES string of the molecule is CC(Cc1cnc[nH]1)Nc1cccc(C(F)(F)F)c1. The fraction of sp³-hybridized carbons (Fsp3) is 0.308. The van der Waals surface area contributed by atoms with E-state index in [2.05, 4.69) is 15.3 Å². The molecule has 1 unspecified atom stereocenters. The number of anilines is 1. The van der Waals surface area contributed by atoms with E-state index in [-0.39, 0.29) is 6.04 Å². The van der Waals surface area contributed by atoms with Crippen LogP contribution in [0.5, 0.6) is 0 Å². The molecule has 0 amide bonds. The number of aromatic amines is 1. The molecule has 0 saturated carbocycles. The second-order valence-corrected chi connectivity index (χ2v) is 4.40. The summed E-state index contributed by atoms with van der Waals surface area (Å²) in [6.45, 7) is 1.90. The Morgan fingerprint density at radius 1 is 1.37 bits per heavy atom. The van der Waals surface area contributed by atoms with E-state index < -0.39 is 11.7 Å².